The smallest absolute Gasteiger partial charge is 0.201 e. The molecule has 0 aliphatic rings. The van der Waals surface area contributed by atoms with Crippen LogP contribution in [-0.2, 0) is 6.54 Å². The Morgan fingerprint density at radius 2 is 2.06 bits per heavy atom. The van der Waals surface area contributed by atoms with Gasteiger partial charge in [0.1, 0.15) is 0 Å². The minimum absolute atomic E-state index is 0.715. The lowest BCUT2D eigenvalue weighted by molar-refractivity contribution is 1.06. The average molecular weight is 238 g/mol. The van der Waals surface area contributed by atoms with Gasteiger partial charge in [0.25, 0.3) is 0 Å². The van der Waals surface area contributed by atoms with Gasteiger partial charge in [-0.05, 0) is 30.7 Å². The van der Waals surface area contributed by atoms with Crippen LogP contribution in [0.15, 0.2) is 42.6 Å². The van der Waals surface area contributed by atoms with Crippen LogP contribution >= 0.6 is 0 Å². The van der Waals surface area contributed by atoms with Gasteiger partial charge in [-0.1, -0.05) is 18.2 Å². The number of H-pyrrole nitrogens is 1. The van der Waals surface area contributed by atoms with Crippen LogP contribution in [0, 0.1) is 6.92 Å². The second kappa shape index (κ2) is 4.49. The van der Waals surface area contributed by atoms with Crippen LogP contribution in [0.25, 0.3) is 11.0 Å². The first-order valence-corrected chi connectivity index (χ1v) is 5.91. The Morgan fingerprint density at radius 1 is 1.17 bits per heavy atom. The number of nitrogens with one attached hydrogen (secondary N) is 2. The van der Waals surface area contributed by atoms with E-state index in [1.54, 1.807) is 0 Å². The van der Waals surface area contributed by atoms with Crippen molar-refractivity contribution in [2.45, 2.75) is 13.5 Å². The van der Waals surface area contributed by atoms with Gasteiger partial charge in [-0.25, -0.2) is 4.98 Å². The molecule has 0 saturated heterocycles. The number of hydrogen-bond donors (Lipinski definition) is 2. The van der Waals surface area contributed by atoms with Gasteiger partial charge in [0.15, 0.2) is 0 Å². The molecule has 2 N–H and O–H groups in total. The van der Waals surface area contributed by atoms with Crippen molar-refractivity contribution in [1.82, 2.24) is 15.0 Å². The molecule has 0 radical (unpaired) electrons. The highest BCUT2D eigenvalue weighted by molar-refractivity contribution is 5.77. The summed E-state index contributed by atoms with van der Waals surface area (Å²) in [5, 5.41) is 3.26. The summed E-state index contributed by atoms with van der Waals surface area (Å²) in [6.45, 7) is 2.70. The van der Waals surface area contributed by atoms with E-state index in [1.165, 1.54) is 0 Å². The first-order chi connectivity index (χ1) is 8.81. The molecule has 0 bridgehead atoms. The topological polar surface area (TPSA) is 53.6 Å². The molecule has 2 aromatic heterocycles. The third-order valence-electron chi connectivity index (χ3n) is 2.82. The maximum Gasteiger partial charge on any atom is 0.201 e. The fourth-order valence-corrected chi connectivity index (χ4v) is 1.83. The minimum atomic E-state index is 0.715. The monoisotopic (exact) mass is 238 g/mol. The number of para-hydroxylation sites is 2. The van der Waals surface area contributed by atoms with Gasteiger partial charge >= 0.3 is 0 Å². The molecule has 3 rings (SSSR count). The van der Waals surface area contributed by atoms with E-state index < -0.39 is 0 Å². The van der Waals surface area contributed by atoms with Gasteiger partial charge in [0.05, 0.1) is 11.0 Å². The fraction of sp³-hybridized carbons (Fsp3) is 0.143. The number of pyridine rings is 1. The molecule has 0 spiro atoms. The molecule has 1 aromatic carbocycles. The second-order valence-electron chi connectivity index (χ2n) is 4.26. The predicted molar refractivity (Wildman–Crippen MR) is 72.4 cm³/mol. The van der Waals surface area contributed by atoms with Gasteiger partial charge in [0.2, 0.25) is 5.95 Å². The summed E-state index contributed by atoms with van der Waals surface area (Å²) in [6.07, 6.45) is 1.88. The molecule has 18 heavy (non-hydrogen) atoms. The van der Waals surface area contributed by atoms with Crippen molar-refractivity contribution in [2.24, 2.45) is 0 Å². The minimum Gasteiger partial charge on any atom is -0.352 e. The highest BCUT2D eigenvalue weighted by Crippen LogP contribution is 2.13. The SMILES string of the molecule is Cc1ccc(CNc2nc3ccccc3[nH]2)cn1. The molecule has 90 valence electrons. The Balaban J connectivity index is 1.74. The number of benzene rings is 1. The molecule has 4 heteroatoms. The van der Waals surface area contributed by atoms with E-state index in [9.17, 15) is 0 Å². The molecule has 0 aliphatic heterocycles. The summed E-state index contributed by atoms with van der Waals surface area (Å²) >= 11 is 0. The van der Waals surface area contributed by atoms with E-state index in [0.29, 0.717) is 6.54 Å². The molecule has 0 unspecified atom stereocenters. The number of nitrogens with zero attached hydrogens (tertiary/aromatic N) is 2. The summed E-state index contributed by atoms with van der Waals surface area (Å²) in [4.78, 5) is 12.0. The first-order valence-electron chi connectivity index (χ1n) is 5.91. The van der Waals surface area contributed by atoms with Crippen molar-refractivity contribution in [3.63, 3.8) is 0 Å². The number of aromatic nitrogens is 3. The molecule has 0 atom stereocenters. The predicted octanol–water partition coefficient (Wildman–Crippen LogP) is 2.88. The van der Waals surface area contributed by atoms with Crippen molar-refractivity contribution >= 4 is 17.0 Å². The van der Waals surface area contributed by atoms with Gasteiger partial charge in [-0.2, -0.15) is 0 Å². The van der Waals surface area contributed by atoms with E-state index in [1.807, 2.05) is 43.5 Å². The van der Waals surface area contributed by atoms with E-state index in [2.05, 4.69) is 26.3 Å². The van der Waals surface area contributed by atoms with Gasteiger partial charge in [-0.3, -0.25) is 4.98 Å². The quantitative estimate of drug-likeness (QED) is 0.737. The van der Waals surface area contributed by atoms with Crippen LogP contribution in [0.1, 0.15) is 11.3 Å². The lowest BCUT2D eigenvalue weighted by Gasteiger charge is -2.02. The number of anilines is 1. The molecule has 0 aliphatic carbocycles. The normalized spacial score (nSPS) is 10.7. The maximum absolute atomic E-state index is 4.46. The van der Waals surface area contributed by atoms with Gasteiger partial charge in [0, 0.05) is 18.4 Å². The van der Waals surface area contributed by atoms with Crippen LogP contribution in [-0.4, -0.2) is 15.0 Å². The lowest BCUT2D eigenvalue weighted by atomic mass is 10.2. The van der Waals surface area contributed by atoms with E-state index in [4.69, 9.17) is 0 Å². The van der Waals surface area contributed by atoms with Crippen LogP contribution in [0.3, 0.4) is 0 Å². The fourth-order valence-electron chi connectivity index (χ4n) is 1.83. The maximum atomic E-state index is 4.46. The van der Waals surface area contributed by atoms with Crippen LogP contribution in [0.4, 0.5) is 5.95 Å². The molecule has 0 fully saturated rings. The van der Waals surface area contributed by atoms with Crippen molar-refractivity contribution in [2.75, 3.05) is 5.32 Å². The third kappa shape index (κ3) is 2.18. The van der Waals surface area contributed by atoms with E-state index in [-0.39, 0.29) is 0 Å². The molecule has 4 nitrogen and oxygen atoms in total. The molecule has 3 aromatic rings. The summed E-state index contributed by atoms with van der Waals surface area (Å²) in [7, 11) is 0. The molecular formula is C14H14N4. The summed E-state index contributed by atoms with van der Waals surface area (Å²) in [5.74, 6) is 0.789. The van der Waals surface area contributed by atoms with Crippen molar-refractivity contribution in [1.29, 1.82) is 0 Å². The van der Waals surface area contributed by atoms with Crippen molar-refractivity contribution in [3.05, 3.63) is 53.9 Å². The number of aryl methyl sites for hydroxylation is 1. The van der Waals surface area contributed by atoms with Crippen molar-refractivity contribution < 1.29 is 0 Å². The zero-order valence-corrected chi connectivity index (χ0v) is 10.1. The summed E-state index contributed by atoms with van der Waals surface area (Å²) in [5.41, 5.74) is 4.19. The lowest BCUT2D eigenvalue weighted by Crippen LogP contribution is -2.01. The Bertz CT molecular complexity index is 622. The Morgan fingerprint density at radius 3 is 2.83 bits per heavy atom. The van der Waals surface area contributed by atoms with Crippen LogP contribution in [0.5, 0.6) is 0 Å². The summed E-state index contributed by atoms with van der Waals surface area (Å²) in [6, 6.07) is 12.1. The van der Waals surface area contributed by atoms with Crippen LogP contribution in [0.2, 0.25) is 0 Å². The standard InChI is InChI=1S/C14H14N4/c1-10-6-7-11(8-15-10)9-16-14-17-12-4-2-3-5-13(12)18-14/h2-8H,9H2,1H3,(H2,16,17,18). The van der Waals surface area contributed by atoms with Crippen molar-refractivity contribution in [3.8, 4) is 0 Å². The summed E-state index contributed by atoms with van der Waals surface area (Å²) < 4.78 is 0. The number of fused-ring (bicyclic) bond motifs is 1. The van der Waals surface area contributed by atoms with E-state index in [0.717, 1.165) is 28.2 Å². The largest absolute Gasteiger partial charge is 0.352 e. The van der Waals surface area contributed by atoms with Gasteiger partial charge < -0.3 is 10.3 Å². The third-order valence-corrected chi connectivity index (χ3v) is 2.82. The zero-order chi connectivity index (χ0) is 12.4. The van der Waals surface area contributed by atoms with E-state index >= 15 is 0 Å². The highest BCUT2D eigenvalue weighted by Gasteiger charge is 2.01. The number of rotatable bonds is 3. The Labute approximate surface area is 105 Å². The Hall–Kier alpha value is -2.36. The molecular weight excluding hydrogens is 224 g/mol. The average Bonchev–Trinajstić information content (AvgIpc) is 2.81. The van der Waals surface area contributed by atoms with Crippen LogP contribution < -0.4 is 5.32 Å². The zero-order valence-electron chi connectivity index (χ0n) is 10.1. The Kier molecular flexibility index (Phi) is 2.68. The van der Waals surface area contributed by atoms with Gasteiger partial charge in [-0.15, -0.1) is 0 Å². The molecule has 0 amide bonds. The highest BCUT2D eigenvalue weighted by atomic mass is 15.1. The number of imidazole rings is 1. The number of hydrogen-bond acceptors (Lipinski definition) is 3. The molecule has 2 heterocycles. The molecule has 0 saturated carbocycles. The number of aromatic amines is 1. The first kappa shape index (κ1) is 10.8. The second-order valence-corrected chi connectivity index (χ2v) is 4.26.